The van der Waals surface area contributed by atoms with Crippen molar-refractivity contribution in [2.45, 2.75) is 19.3 Å². The molecule has 0 aliphatic heterocycles. The van der Waals surface area contributed by atoms with E-state index in [1.165, 1.54) is 6.26 Å². The number of halogens is 1. The van der Waals surface area contributed by atoms with E-state index in [9.17, 15) is 8.42 Å². The molecule has 2 rings (SSSR count). The third kappa shape index (κ3) is 2.54. The molecular weight excluding hydrogens is 272 g/mol. The lowest BCUT2D eigenvalue weighted by Crippen LogP contribution is -2.00. The zero-order chi connectivity index (χ0) is 13.3. The molecule has 0 saturated heterocycles. The summed E-state index contributed by atoms with van der Waals surface area (Å²) in [5.41, 5.74) is 1.76. The molecule has 1 aliphatic carbocycles. The molecular formula is C13H15ClO3S. The van der Waals surface area contributed by atoms with Gasteiger partial charge in [-0.1, -0.05) is 17.7 Å². The first kappa shape index (κ1) is 13.4. The van der Waals surface area contributed by atoms with Gasteiger partial charge in [-0.05, 0) is 42.5 Å². The number of allylic oxidation sites excluding steroid dienone is 2. The SMILES string of the molecule is COc1ccc(C2=C(S(C)(=O)=O)CCC2)cc1Cl. The summed E-state index contributed by atoms with van der Waals surface area (Å²) in [7, 11) is -1.57. The number of benzene rings is 1. The normalized spacial score (nSPS) is 16.2. The molecule has 18 heavy (non-hydrogen) atoms. The first-order valence-electron chi connectivity index (χ1n) is 5.69. The molecule has 0 unspecified atom stereocenters. The first-order chi connectivity index (χ1) is 8.43. The lowest BCUT2D eigenvalue weighted by atomic mass is 10.1. The molecule has 1 aliphatic rings. The molecule has 0 radical (unpaired) electrons. The van der Waals surface area contributed by atoms with E-state index >= 15 is 0 Å². The molecule has 5 heteroatoms. The van der Waals surface area contributed by atoms with Gasteiger partial charge in [-0.25, -0.2) is 8.42 Å². The van der Waals surface area contributed by atoms with Crippen LogP contribution in [0.2, 0.25) is 5.02 Å². The Labute approximate surface area is 112 Å². The van der Waals surface area contributed by atoms with Crippen LogP contribution in [0.15, 0.2) is 23.1 Å². The molecule has 0 fully saturated rings. The number of rotatable bonds is 3. The molecule has 0 heterocycles. The second-order valence-corrected chi connectivity index (χ2v) is 6.82. The quantitative estimate of drug-likeness (QED) is 0.856. The van der Waals surface area contributed by atoms with Gasteiger partial charge in [0, 0.05) is 11.2 Å². The summed E-state index contributed by atoms with van der Waals surface area (Å²) in [6.07, 6.45) is 3.54. The smallest absolute Gasteiger partial charge is 0.172 e. The van der Waals surface area contributed by atoms with Crippen molar-refractivity contribution in [1.82, 2.24) is 0 Å². The van der Waals surface area contributed by atoms with E-state index in [2.05, 4.69) is 0 Å². The van der Waals surface area contributed by atoms with Crippen molar-refractivity contribution >= 4 is 27.0 Å². The van der Waals surface area contributed by atoms with Crippen LogP contribution in [0.5, 0.6) is 5.75 Å². The van der Waals surface area contributed by atoms with Crippen LogP contribution in [-0.2, 0) is 9.84 Å². The minimum atomic E-state index is -3.12. The topological polar surface area (TPSA) is 43.4 Å². The molecule has 0 atom stereocenters. The van der Waals surface area contributed by atoms with Crippen LogP contribution in [0, 0.1) is 0 Å². The van der Waals surface area contributed by atoms with Crippen LogP contribution in [0.1, 0.15) is 24.8 Å². The Balaban J connectivity index is 2.52. The summed E-state index contributed by atoms with van der Waals surface area (Å²) in [5, 5.41) is 0.502. The van der Waals surface area contributed by atoms with Crippen molar-refractivity contribution in [2.24, 2.45) is 0 Å². The molecule has 0 spiro atoms. The fourth-order valence-electron chi connectivity index (χ4n) is 2.28. The molecule has 0 amide bonds. The van der Waals surface area contributed by atoms with Crippen LogP contribution in [0.4, 0.5) is 0 Å². The Morgan fingerprint density at radius 1 is 1.28 bits per heavy atom. The van der Waals surface area contributed by atoms with Crippen LogP contribution in [0.3, 0.4) is 0 Å². The van der Waals surface area contributed by atoms with E-state index < -0.39 is 9.84 Å². The third-order valence-corrected chi connectivity index (χ3v) is 4.76. The fourth-order valence-corrected chi connectivity index (χ4v) is 3.72. The van der Waals surface area contributed by atoms with Gasteiger partial charge < -0.3 is 4.74 Å². The predicted octanol–water partition coefficient (Wildman–Crippen LogP) is 3.29. The molecule has 0 saturated carbocycles. The number of ether oxygens (including phenoxy) is 1. The number of hydrogen-bond donors (Lipinski definition) is 0. The largest absolute Gasteiger partial charge is 0.495 e. The molecule has 0 bridgehead atoms. The van der Waals surface area contributed by atoms with E-state index in [1.807, 2.05) is 6.07 Å². The fraction of sp³-hybridized carbons (Fsp3) is 0.385. The van der Waals surface area contributed by atoms with Crippen molar-refractivity contribution in [3.05, 3.63) is 33.7 Å². The van der Waals surface area contributed by atoms with Gasteiger partial charge in [0.15, 0.2) is 9.84 Å². The van der Waals surface area contributed by atoms with Gasteiger partial charge in [0.25, 0.3) is 0 Å². The number of methoxy groups -OCH3 is 1. The van der Waals surface area contributed by atoms with Gasteiger partial charge in [-0.3, -0.25) is 0 Å². The minimum absolute atomic E-state index is 0.502. The van der Waals surface area contributed by atoms with Gasteiger partial charge in [0.05, 0.1) is 12.1 Å². The van der Waals surface area contributed by atoms with Crippen molar-refractivity contribution in [1.29, 1.82) is 0 Å². The van der Waals surface area contributed by atoms with Crippen molar-refractivity contribution < 1.29 is 13.2 Å². The monoisotopic (exact) mass is 286 g/mol. The maximum atomic E-state index is 11.7. The lowest BCUT2D eigenvalue weighted by Gasteiger charge is -2.09. The Kier molecular flexibility index (Phi) is 3.69. The summed E-state index contributed by atoms with van der Waals surface area (Å²) in [6.45, 7) is 0. The predicted molar refractivity (Wildman–Crippen MR) is 73.6 cm³/mol. The molecule has 0 aromatic heterocycles. The molecule has 1 aromatic rings. The summed E-state index contributed by atoms with van der Waals surface area (Å²) in [6, 6.07) is 5.39. The summed E-state index contributed by atoms with van der Waals surface area (Å²) in [4.78, 5) is 0.545. The lowest BCUT2D eigenvalue weighted by molar-refractivity contribution is 0.415. The van der Waals surface area contributed by atoms with Gasteiger partial charge in [0.1, 0.15) is 5.75 Å². The van der Waals surface area contributed by atoms with Crippen molar-refractivity contribution in [3.63, 3.8) is 0 Å². The Bertz CT molecular complexity index is 603. The maximum Gasteiger partial charge on any atom is 0.172 e. The number of hydrogen-bond acceptors (Lipinski definition) is 3. The van der Waals surface area contributed by atoms with E-state index in [0.717, 1.165) is 24.0 Å². The van der Waals surface area contributed by atoms with Crippen LogP contribution < -0.4 is 4.74 Å². The van der Waals surface area contributed by atoms with Gasteiger partial charge in [-0.15, -0.1) is 0 Å². The van der Waals surface area contributed by atoms with Gasteiger partial charge in [0.2, 0.25) is 0 Å². The minimum Gasteiger partial charge on any atom is -0.495 e. The van der Waals surface area contributed by atoms with E-state index in [0.29, 0.717) is 22.1 Å². The highest BCUT2D eigenvalue weighted by Crippen LogP contribution is 2.38. The highest BCUT2D eigenvalue weighted by molar-refractivity contribution is 7.94. The van der Waals surface area contributed by atoms with Crippen molar-refractivity contribution in [3.8, 4) is 5.75 Å². The molecule has 1 aromatic carbocycles. The maximum absolute atomic E-state index is 11.7. The van der Waals surface area contributed by atoms with Crippen LogP contribution in [-0.4, -0.2) is 21.8 Å². The van der Waals surface area contributed by atoms with E-state index in [4.69, 9.17) is 16.3 Å². The third-order valence-electron chi connectivity index (χ3n) is 3.12. The highest BCUT2D eigenvalue weighted by Gasteiger charge is 2.23. The second-order valence-electron chi connectivity index (χ2n) is 4.38. The second kappa shape index (κ2) is 4.94. The Morgan fingerprint density at radius 3 is 2.56 bits per heavy atom. The summed E-state index contributed by atoms with van der Waals surface area (Å²) in [5.74, 6) is 0.597. The number of sulfone groups is 1. The van der Waals surface area contributed by atoms with Crippen LogP contribution in [0.25, 0.3) is 5.57 Å². The van der Waals surface area contributed by atoms with Crippen LogP contribution >= 0.6 is 11.6 Å². The first-order valence-corrected chi connectivity index (χ1v) is 7.96. The van der Waals surface area contributed by atoms with Crippen molar-refractivity contribution in [2.75, 3.05) is 13.4 Å². The van der Waals surface area contributed by atoms with E-state index in [1.54, 1.807) is 19.2 Å². The molecule has 0 N–H and O–H groups in total. The average molecular weight is 287 g/mol. The average Bonchev–Trinajstić information content (AvgIpc) is 2.77. The Morgan fingerprint density at radius 2 is 2.00 bits per heavy atom. The van der Waals surface area contributed by atoms with Gasteiger partial charge >= 0.3 is 0 Å². The van der Waals surface area contributed by atoms with E-state index in [-0.39, 0.29) is 0 Å². The highest BCUT2D eigenvalue weighted by atomic mass is 35.5. The zero-order valence-corrected chi connectivity index (χ0v) is 11.9. The zero-order valence-electron chi connectivity index (χ0n) is 10.4. The summed E-state index contributed by atoms with van der Waals surface area (Å²) >= 11 is 6.07. The summed E-state index contributed by atoms with van der Waals surface area (Å²) < 4.78 is 28.5. The Hall–Kier alpha value is -1.00. The standard InChI is InChI=1S/C13H15ClO3S/c1-17-12-7-6-9(8-11(12)14)10-4-3-5-13(10)18(2,15)16/h6-8H,3-5H2,1-2H3. The molecule has 3 nitrogen and oxygen atoms in total. The molecule has 98 valence electrons. The van der Waals surface area contributed by atoms with Gasteiger partial charge in [-0.2, -0.15) is 0 Å².